The Labute approximate surface area is 141 Å². The molecule has 0 bridgehead atoms. The quantitative estimate of drug-likeness (QED) is 0.725. The molecule has 0 aliphatic heterocycles. The Bertz CT molecular complexity index is 803. The molecule has 0 radical (unpaired) electrons. The van der Waals surface area contributed by atoms with Crippen molar-refractivity contribution in [1.29, 1.82) is 0 Å². The van der Waals surface area contributed by atoms with Gasteiger partial charge in [0.2, 0.25) is 0 Å². The molecule has 0 spiro atoms. The second kappa shape index (κ2) is 6.53. The Kier molecular flexibility index (Phi) is 4.09. The van der Waals surface area contributed by atoms with Gasteiger partial charge in [-0.3, -0.25) is 4.98 Å². The van der Waals surface area contributed by atoms with Crippen LogP contribution in [0.4, 0.5) is 0 Å². The maximum absolute atomic E-state index is 5.18. The van der Waals surface area contributed by atoms with E-state index in [1.54, 1.807) is 19.5 Å². The third-order valence-corrected chi connectivity index (χ3v) is 4.52. The van der Waals surface area contributed by atoms with E-state index in [0.29, 0.717) is 12.6 Å². The summed E-state index contributed by atoms with van der Waals surface area (Å²) in [5, 5.41) is 4.79. The lowest BCUT2D eigenvalue weighted by Gasteiger charge is -2.12. The third-order valence-electron chi connectivity index (χ3n) is 4.52. The Balaban J connectivity index is 1.70. The van der Waals surface area contributed by atoms with E-state index in [-0.39, 0.29) is 0 Å². The molecule has 1 aromatic carbocycles. The third kappa shape index (κ3) is 2.83. The van der Waals surface area contributed by atoms with Gasteiger partial charge in [0, 0.05) is 31.5 Å². The maximum atomic E-state index is 5.18. The summed E-state index contributed by atoms with van der Waals surface area (Å²) in [5.41, 5.74) is 3.88. The molecule has 2 aromatic heterocycles. The number of hydrogen-bond acceptors (Lipinski definition) is 4. The van der Waals surface area contributed by atoms with Crippen LogP contribution >= 0.6 is 0 Å². The zero-order valence-corrected chi connectivity index (χ0v) is 13.7. The van der Waals surface area contributed by atoms with Crippen molar-refractivity contribution in [3.8, 4) is 11.4 Å². The van der Waals surface area contributed by atoms with Crippen molar-refractivity contribution < 1.29 is 4.74 Å². The summed E-state index contributed by atoms with van der Waals surface area (Å²) in [4.78, 5) is 8.88. The zero-order chi connectivity index (χ0) is 16.4. The first-order valence-electron chi connectivity index (χ1n) is 8.26. The van der Waals surface area contributed by atoms with Crippen LogP contribution in [0.1, 0.15) is 23.0 Å². The zero-order valence-electron chi connectivity index (χ0n) is 13.7. The molecule has 1 aliphatic rings. The van der Waals surface area contributed by atoms with Gasteiger partial charge < -0.3 is 4.74 Å². The van der Waals surface area contributed by atoms with Gasteiger partial charge >= 0.3 is 0 Å². The highest BCUT2D eigenvalue weighted by molar-refractivity contribution is 5.54. The SMILES string of the molecule is COCCc1nc(-c2ccncc2)n(C2Cc3ccccc3C2)n1. The molecule has 2 heterocycles. The maximum Gasteiger partial charge on any atom is 0.158 e. The van der Waals surface area contributed by atoms with Gasteiger partial charge in [-0.25, -0.2) is 9.67 Å². The van der Waals surface area contributed by atoms with Crippen molar-refractivity contribution in [1.82, 2.24) is 19.7 Å². The van der Waals surface area contributed by atoms with E-state index in [1.165, 1.54) is 11.1 Å². The van der Waals surface area contributed by atoms with E-state index < -0.39 is 0 Å². The Morgan fingerprint density at radius 2 is 1.79 bits per heavy atom. The summed E-state index contributed by atoms with van der Waals surface area (Å²) in [7, 11) is 1.70. The van der Waals surface area contributed by atoms with Crippen molar-refractivity contribution >= 4 is 0 Å². The summed E-state index contributed by atoms with van der Waals surface area (Å²) in [6, 6.07) is 12.9. The lowest BCUT2D eigenvalue weighted by atomic mass is 10.1. The summed E-state index contributed by atoms with van der Waals surface area (Å²) in [6.45, 7) is 0.630. The molecular weight excluding hydrogens is 300 g/mol. The van der Waals surface area contributed by atoms with E-state index in [1.807, 2.05) is 12.1 Å². The number of fused-ring (bicyclic) bond motifs is 1. The molecule has 0 saturated carbocycles. The number of pyridine rings is 1. The minimum atomic E-state index is 0.314. The minimum Gasteiger partial charge on any atom is -0.384 e. The minimum absolute atomic E-state index is 0.314. The van der Waals surface area contributed by atoms with Crippen LogP contribution in [0.2, 0.25) is 0 Å². The summed E-state index contributed by atoms with van der Waals surface area (Å²) < 4.78 is 7.28. The fourth-order valence-electron chi connectivity index (χ4n) is 3.33. The highest BCUT2D eigenvalue weighted by Crippen LogP contribution is 2.32. The molecule has 0 atom stereocenters. The topological polar surface area (TPSA) is 52.8 Å². The standard InChI is InChI=1S/C19H20N4O/c1-24-11-8-18-21-19(14-6-9-20-10-7-14)23(22-18)17-12-15-4-2-3-5-16(15)13-17/h2-7,9-10,17H,8,11-13H2,1H3. The molecule has 5 nitrogen and oxygen atoms in total. The predicted octanol–water partition coefficient (Wildman–Crippen LogP) is 2.87. The average Bonchev–Trinajstić information content (AvgIpc) is 3.24. The van der Waals surface area contributed by atoms with Crippen LogP contribution in [0.15, 0.2) is 48.8 Å². The number of benzene rings is 1. The fraction of sp³-hybridized carbons (Fsp3) is 0.316. The second-order valence-electron chi connectivity index (χ2n) is 6.11. The highest BCUT2D eigenvalue weighted by Gasteiger charge is 2.26. The van der Waals surface area contributed by atoms with Crippen LogP contribution < -0.4 is 0 Å². The van der Waals surface area contributed by atoms with Crippen molar-refractivity contribution in [2.24, 2.45) is 0 Å². The van der Waals surface area contributed by atoms with Crippen molar-refractivity contribution in [2.45, 2.75) is 25.3 Å². The average molecular weight is 320 g/mol. The largest absolute Gasteiger partial charge is 0.384 e. The van der Waals surface area contributed by atoms with Gasteiger partial charge in [0.15, 0.2) is 11.6 Å². The summed E-state index contributed by atoms with van der Waals surface area (Å²) in [5.74, 6) is 1.75. The van der Waals surface area contributed by atoms with Crippen LogP contribution in [0.25, 0.3) is 11.4 Å². The monoisotopic (exact) mass is 320 g/mol. The predicted molar refractivity (Wildman–Crippen MR) is 91.7 cm³/mol. The molecule has 3 aromatic rings. The number of ether oxygens (including phenoxy) is 1. The highest BCUT2D eigenvalue weighted by atomic mass is 16.5. The number of hydrogen-bond donors (Lipinski definition) is 0. The van der Waals surface area contributed by atoms with Crippen LogP contribution in [-0.4, -0.2) is 33.5 Å². The van der Waals surface area contributed by atoms with Crippen LogP contribution in [0.5, 0.6) is 0 Å². The molecule has 1 aliphatic carbocycles. The second-order valence-corrected chi connectivity index (χ2v) is 6.11. The molecule has 122 valence electrons. The van der Waals surface area contributed by atoms with Crippen LogP contribution in [0, 0.1) is 0 Å². The van der Waals surface area contributed by atoms with Gasteiger partial charge in [-0.2, -0.15) is 5.10 Å². The lowest BCUT2D eigenvalue weighted by Crippen LogP contribution is -2.13. The van der Waals surface area contributed by atoms with Gasteiger partial charge in [-0.15, -0.1) is 0 Å². The first kappa shape index (κ1) is 15.0. The van der Waals surface area contributed by atoms with Gasteiger partial charge in [0.1, 0.15) is 0 Å². The molecule has 4 rings (SSSR count). The Morgan fingerprint density at radius 1 is 1.08 bits per heavy atom. The van der Waals surface area contributed by atoms with Crippen LogP contribution in [-0.2, 0) is 24.0 Å². The Morgan fingerprint density at radius 3 is 2.46 bits per heavy atom. The molecule has 0 saturated heterocycles. The van der Waals surface area contributed by atoms with Crippen LogP contribution in [0.3, 0.4) is 0 Å². The molecule has 24 heavy (non-hydrogen) atoms. The van der Waals surface area contributed by atoms with E-state index in [0.717, 1.165) is 36.5 Å². The first-order chi connectivity index (χ1) is 11.8. The van der Waals surface area contributed by atoms with E-state index >= 15 is 0 Å². The first-order valence-corrected chi connectivity index (χ1v) is 8.26. The molecule has 5 heteroatoms. The number of methoxy groups -OCH3 is 1. The van der Waals surface area contributed by atoms with Crippen molar-refractivity contribution in [2.75, 3.05) is 13.7 Å². The lowest BCUT2D eigenvalue weighted by molar-refractivity contribution is 0.200. The molecule has 0 amide bonds. The number of nitrogens with zero attached hydrogens (tertiary/aromatic N) is 4. The van der Waals surface area contributed by atoms with Gasteiger partial charge in [0.05, 0.1) is 12.6 Å². The fourth-order valence-corrected chi connectivity index (χ4v) is 3.33. The van der Waals surface area contributed by atoms with E-state index in [2.05, 4.69) is 33.9 Å². The van der Waals surface area contributed by atoms with Gasteiger partial charge in [0.25, 0.3) is 0 Å². The van der Waals surface area contributed by atoms with E-state index in [9.17, 15) is 0 Å². The number of rotatable bonds is 5. The van der Waals surface area contributed by atoms with E-state index in [4.69, 9.17) is 14.8 Å². The molecule has 0 N–H and O–H groups in total. The summed E-state index contributed by atoms with van der Waals surface area (Å²) in [6.07, 6.45) is 6.32. The Hall–Kier alpha value is -2.53. The van der Waals surface area contributed by atoms with Crippen molar-refractivity contribution in [3.63, 3.8) is 0 Å². The molecule has 0 unspecified atom stereocenters. The van der Waals surface area contributed by atoms with Gasteiger partial charge in [-0.05, 0) is 36.1 Å². The van der Waals surface area contributed by atoms with Gasteiger partial charge in [-0.1, -0.05) is 24.3 Å². The molecule has 0 fully saturated rings. The van der Waals surface area contributed by atoms with Crippen molar-refractivity contribution in [3.05, 3.63) is 65.7 Å². The smallest absolute Gasteiger partial charge is 0.158 e. The number of aromatic nitrogens is 4. The molecular formula is C19H20N4O. The summed E-state index contributed by atoms with van der Waals surface area (Å²) >= 11 is 0. The normalized spacial score (nSPS) is 14.0.